The van der Waals surface area contributed by atoms with Crippen LogP contribution in [0.4, 0.5) is 11.9 Å². The molecular weight excluding hydrogens is 354 g/mol. The van der Waals surface area contributed by atoms with Gasteiger partial charge in [0.1, 0.15) is 6.54 Å². The summed E-state index contributed by atoms with van der Waals surface area (Å²) in [5.74, 6) is -0.146. The molecule has 0 spiro atoms. The lowest BCUT2D eigenvalue weighted by atomic mass is 10.1. The number of carboxylic acid groups (broad SMARTS) is 1. The summed E-state index contributed by atoms with van der Waals surface area (Å²) in [6.45, 7) is 2.46. The quantitative estimate of drug-likeness (QED) is 0.412. The van der Waals surface area contributed by atoms with E-state index in [4.69, 9.17) is 17.3 Å². The number of aromatic amines is 1. The number of hydrogen-bond acceptors (Lipinski definition) is 6. The second kappa shape index (κ2) is 7.74. The van der Waals surface area contributed by atoms with Crippen LogP contribution in [0.5, 0.6) is 0 Å². The minimum Gasteiger partial charge on any atom is -0.480 e. The summed E-state index contributed by atoms with van der Waals surface area (Å²) >= 11 is 5.15. The Morgan fingerprint density at radius 1 is 1.27 bits per heavy atom. The van der Waals surface area contributed by atoms with Crippen LogP contribution in [0, 0.1) is 0 Å². The van der Waals surface area contributed by atoms with Gasteiger partial charge in [-0.25, -0.2) is 15.0 Å². The van der Waals surface area contributed by atoms with E-state index in [1.807, 2.05) is 25.1 Å². The van der Waals surface area contributed by atoms with Gasteiger partial charge >= 0.3 is 5.97 Å². The van der Waals surface area contributed by atoms with Crippen molar-refractivity contribution in [3.8, 4) is 11.1 Å². The van der Waals surface area contributed by atoms with Crippen molar-refractivity contribution < 1.29 is 9.90 Å². The molecule has 2 aromatic heterocycles. The third kappa shape index (κ3) is 4.22. The number of hydrogen-bond donors (Lipinski definition) is 5. The molecule has 0 saturated heterocycles. The lowest BCUT2D eigenvalue weighted by molar-refractivity contribution is -0.134. The molecule has 9 nitrogen and oxygen atoms in total. The van der Waals surface area contributed by atoms with Gasteiger partial charge in [0, 0.05) is 24.5 Å². The molecule has 0 unspecified atom stereocenters. The molecule has 0 bridgehead atoms. The zero-order valence-electron chi connectivity index (χ0n) is 13.9. The van der Waals surface area contributed by atoms with Gasteiger partial charge in [-0.1, -0.05) is 6.07 Å². The maximum Gasteiger partial charge on any atom is 0.322 e. The van der Waals surface area contributed by atoms with E-state index in [2.05, 4.69) is 35.9 Å². The molecule has 3 aromatic rings. The molecule has 1 aromatic carbocycles. The van der Waals surface area contributed by atoms with Crippen LogP contribution in [0.3, 0.4) is 0 Å². The van der Waals surface area contributed by atoms with Crippen LogP contribution < -0.4 is 16.0 Å². The summed E-state index contributed by atoms with van der Waals surface area (Å²) in [5, 5.41) is 17.8. The monoisotopic (exact) mass is 371 g/mol. The van der Waals surface area contributed by atoms with Crippen molar-refractivity contribution >= 4 is 46.2 Å². The van der Waals surface area contributed by atoms with E-state index < -0.39 is 5.97 Å². The fourth-order valence-electron chi connectivity index (χ4n) is 2.28. The Labute approximate surface area is 154 Å². The van der Waals surface area contributed by atoms with Crippen molar-refractivity contribution in [1.82, 2.24) is 25.3 Å². The van der Waals surface area contributed by atoms with Gasteiger partial charge in [0.25, 0.3) is 0 Å². The van der Waals surface area contributed by atoms with Gasteiger partial charge in [-0.3, -0.25) is 4.79 Å². The second-order valence-corrected chi connectivity index (χ2v) is 5.75. The number of thiocarbonyl (C=S) groups is 1. The average molecular weight is 371 g/mol. The Morgan fingerprint density at radius 2 is 2.04 bits per heavy atom. The van der Waals surface area contributed by atoms with Crippen molar-refractivity contribution in [1.29, 1.82) is 0 Å². The van der Waals surface area contributed by atoms with Gasteiger partial charge in [0.15, 0.2) is 5.11 Å². The minimum absolute atomic E-state index is 0.233. The number of rotatable bonds is 6. The molecule has 0 amide bonds. The van der Waals surface area contributed by atoms with Crippen molar-refractivity contribution in [2.45, 2.75) is 6.92 Å². The number of aromatic nitrogens is 4. The number of fused-ring (bicyclic) bond motifs is 1. The topological polar surface area (TPSA) is 128 Å². The third-order valence-corrected chi connectivity index (χ3v) is 3.68. The van der Waals surface area contributed by atoms with E-state index in [0.717, 1.165) is 28.7 Å². The number of aliphatic carboxylic acids is 1. The molecule has 3 rings (SSSR count). The van der Waals surface area contributed by atoms with Crippen molar-refractivity contribution in [2.75, 3.05) is 23.7 Å². The van der Waals surface area contributed by atoms with Crippen LogP contribution in [0.25, 0.3) is 22.2 Å². The maximum absolute atomic E-state index is 10.5. The lowest BCUT2D eigenvalue weighted by Gasteiger charge is -2.04. The number of benzene rings is 1. The van der Waals surface area contributed by atoms with Gasteiger partial charge in [-0.15, -0.1) is 0 Å². The summed E-state index contributed by atoms with van der Waals surface area (Å²) in [6, 6.07) is 5.75. The molecule has 2 heterocycles. The standard InChI is InChI=1S/C16H17N7O2S/c1-2-17-16(26)23-15-21-11-4-3-9(5-12(11)22-15)10-6-18-14(19-7-10)20-8-13(24)25/h3-7H,2,8H2,1H3,(H,24,25)(H,18,19,20)(H3,17,21,22,23,26). The summed E-state index contributed by atoms with van der Waals surface area (Å²) in [4.78, 5) is 26.4. The third-order valence-electron chi connectivity index (χ3n) is 3.44. The van der Waals surface area contributed by atoms with Gasteiger partial charge in [0.2, 0.25) is 11.9 Å². The molecule has 5 N–H and O–H groups in total. The van der Waals surface area contributed by atoms with E-state index in [0.29, 0.717) is 11.1 Å². The van der Waals surface area contributed by atoms with Crippen LogP contribution in [0.2, 0.25) is 0 Å². The van der Waals surface area contributed by atoms with Crippen LogP contribution >= 0.6 is 12.2 Å². The van der Waals surface area contributed by atoms with Crippen LogP contribution in [0.15, 0.2) is 30.6 Å². The van der Waals surface area contributed by atoms with E-state index in [1.54, 1.807) is 12.4 Å². The molecule has 134 valence electrons. The zero-order valence-corrected chi connectivity index (χ0v) is 14.7. The molecule has 0 aliphatic carbocycles. The van der Waals surface area contributed by atoms with Crippen LogP contribution in [-0.4, -0.2) is 49.2 Å². The predicted octanol–water partition coefficient (Wildman–Crippen LogP) is 1.82. The first-order valence-corrected chi connectivity index (χ1v) is 8.28. The minimum atomic E-state index is -0.973. The first-order chi connectivity index (χ1) is 12.5. The Hall–Kier alpha value is -3.27. The Morgan fingerprint density at radius 3 is 2.73 bits per heavy atom. The molecule has 10 heteroatoms. The number of H-pyrrole nitrogens is 1. The first-order valence-electron chi connectivity index (χ1n) is 7.88. The Balaban J connectivity index is 1.78. The molecule has 0 radical (unpaired) electrons. The molecule has 0 atom stereocenters. The van der Waals surface area contributed by atoms with Gasteiger partial charge in [0.05, 0.1) is 11.0 Å². The lowest BCUT2D eigenvalue weighted by Crippen LogP contribution is -2.28. The second-order valence-electron chi connectivity index (χ2n) is 5.34. The summed E-state index contributed by atoms with van der Waals surface area (Å²) in [7, 11) is 0. The van der Waals surface area contributed by atoms with E-state index >= 15 is 0 Å². The van der Waals surface area contributed by atoms with Crippen LogP contribution in [-0.2, 0) is 4.79 Å². The summed E-state index contributed by atoms with van der Waals surface area (Å²) < 4.78 is 0. The fourth-order valence-corrected chi connectivity index (χ4v) is 2.52. The van der Waals surface area contributed by atoms with Gasteiger partial charge < -0.3 is 26.0 Å². The van der Waals surface area contributed by atoms with Crippen molar-refractivity contribution in [3.05, 3.63) is 30.6 Å². The normalized spacial score (nSPS) is 10.5. The fraction of sp³-hybridized carbons (Fsp3) is 0.188. The van der Waals surface area contributed by atoms with Gasteiger partial charge in [-0.05, 0) is 36.8 Å². The Bertz CT molecular complexity index is 939. The highest BCUT2D eigenvalue weighted by molar-refractivity contribution is 7.80. The summed E-state index contributed by atoms with van der Waals surface area (Å²) in [5.41, 5.74) is 3.34. The highest BCUT2D eigenvalue weighted by Crippen LogP contribution is 2.23. The van der Waals surface area contributed by atoms with E-state index in [9.17, 15) is 4.79 Å². The zero-order chi connectivity index (χ0) is 18.5. The van der Waals surface area contributed by atoms with Crippen molar-refractivity contribution in [3.63, 3.8) is 0 Å². The molecule has 0 aliphatic rings. The number of nitrogens with zero attached hydrogens (tertiary/aromatic N) is 3. The molecule has 0 fully saturated rings. The number of anilines is 2. The highest BCUT2D eigenvalue weighted by Gasteiger charge is 2.07. The maximum atomic E-state index is 10.5. The molecule has 0 aliphatic heterocycles. The number of carbonyl (C=O) groups is 1. The molecule has 0 saturated carbocycles. The van der Waals surface area contributed by atoms with Crippen molar-refractivity contribution in [2.24, 2.45) is 0 Å². The molecular formula is C16H17N7O2S. The predicted molar refractivity (Wildman–Crippen MR) is 103 cm³/mol. The van der Waals surface area contributed by atoms with E-state index in [1.165, 1.54) is 0 Å². The Kier molecular flexibility index (Phi) is 5.23. The van der Waals surface area contributed by atoms with E-state index in [-0.39, 0.29) is 12.5 Å². The number of carboxylic acids is 1. The number of imidazole rings is 1. The first kappa shape index (κ1) is 17.5. The molecule has 26 heavy (non-hydrogen) atoms. The van der Waals surface area contributed by atoms with Gasteiger partial charge in [-0.2, -0.15) is 0 Å². The van der Waals surface area contributed by atoms with Crippen LogP contribution in [0.1, 0.15) is 6.92 Å². The average Bonchev–Trinajstić information content (AvgIpc) is 3.01. The highest BCUT2D eigenvalue weighted by atomic mass is 32.1. The number of nitrogens with one attached hydrogen (secondary N) is 4. The summed E-state index contributed by atoms with van der Waals surface area (Å²) in [6.07, 6.45) is 3.26. The largest absolute Gasteiger partial charge is 0.480 e. The smallest absolute Gasteiger partial charge is 0.322 e. The SMILES string of the molecule is CCNC(=S)Nc1nc2cc(-c3cnc(NCC(=O)O)nc3)ccc2[nH]1.